The molecule has 2 rings (SSSR count). The molecule has 0 aliphatic carbocycles. The zero-order valence-corrected chi connectivity index (χ0v) is 11.1. The molecule has 0 saturated carbocycles. The molecule has 7 heteroatoms. The zero-order chi connectivity index (χ0) is 13.2. The Kier molecular flexibility index (Phi) is 4.11. The lowest BCUT2D eigenvalue weighted by Crippen LogP contribution is -2.38. The molecule has 0 radical (unpaired) electrons. The van der Waals surface area contributed by atoms with Crippen LogP contribution in [-0.4, -0.2) is 36.8 Å². The van der Waals surface area contributed by atoms with Crippen molar-refractivity contribution in [3.05, 3.63) is 22.8 Å². The van der Waals surface area contributed by atoms with Crippen LogP contribution < -0.4 is 10.2 Å². The van der Waals surface area contributed by atoms with Crippen molar-refractivity contribution < 1.29 is 13.2 Å². The first-order chi connectivity index (χ1) is 8.44. The van der Waals surface area contributed by atoms with E-state index in [1.54, 1.807) is 6.20 Å². The summed E-state index contributed by atoms with van der Waals surface area (Å²) in [6.07, 6.45) is -1.76. The predicted molar refractivity (Wildman–Crippen MR) is 66.6 cm³/mol. The molecular weight excluding hydrogens is 311 g/mol. The average molecular weight is 324 g/mol. The number of halogens is 4. The van der Waals surface area contributed by atoms with Gasteiger partial charge in [-0.05, 0) is 34.5 Å². The van der Waals surface area contributed by atoms with Crippen LogP contribution in [0.15, 0.2) is 22.8 Å². The second-order valence-corrected chi connectivity index (χ2v) is 5.18. The number of hydrogen-bond acceptors (Lipinski definition) is 3. The summed E-state index contributed by atoms with van der Waals surface area (Å²) in [6.45, 7) is 0.355. The quantitative estimate of drug-likeness (QED) is 0.926. The van der Waals surface area contributed by atoms with Gasteiger partial charge in [-0.1, -0.05) is 0 Å². The third-order valence-electron chi connectivity index (χ3n) is 2.82. The van der Waals surface area contributed by atoms with Gasteiger partial charge in [0, 0.05) is 29.8 Å². The summed E-state index contributed by atoms with van der Waals surface area (Å²) in [6, 6.07) is 3.60. The second kappa shape index (κ2) is 5.44. The number of nitrogens with zero attached hydrogens (tertiary/aromatic N) is 2. The third kappa shape index (κ3) is 3.84. The van der Waals surface area contributed by atoms with Crippen molar-refractivity contribution in [3.63, 3.8) is 0 Å². The molecule has 1 atom stereocenters. The van der Waals surface area contributed by atoms with E-state index in [4.69, 9.17) is 0 Å². The Morgan fingerprint density at radius 1 is 1.44 bits per heavy atom. The van der Waals surface area contributed by atoms with Gasteiger partial charge in [0.15, 0.2) is 0 Å². The summed E-state index contributed by atoms with van der Waals surface area (Å²) >= 11 is 3.29. The molecule has 3 nitrogen and oxygen atoms in total. The van der Waals surface area contributed by atoms with Gasteiger partial charge in [-0.15, -0.1) is 0 Å². The van der Waals surface area contributed by atoms with Crippen molar-refractivity contribution in [2.75, 3.05) is 24.5 Å². The molecule has 100 valence electrons. The Labute approximate surface area is 112 Å². The van der Waals surface area contributed by atoms with Crippen LogP contribution in [0.3, 0.4) is 0 Å². The maximum atomic E-state index is 12.1. The first-order valence-corrected chi connectivity index (χ1v) is 6.40. The van der Waals surface area contributed by atoms with E-state index in [9.17, 15) is 13.2 Å². The zero-order valence-electron chi connectivity index (χ0n) is 9.54. The van der Waals surface area contributed by atoms with Crippen LogP contribution in [0.25, 0.3) is 0 Å². The Hall–Kier alpha value is -0.820. The number of anilines is 1. The van der Waals surface area contributed by atoms with Crippen LogP contribution in [0.5, 0.6) is 0 Å². The molecular formula is C11H13BrF3N3. The summed E-state index contributed by atoms with van der Waals surface area (Å²) in [5.74, 6) is 0.800. The fraction of sp³-hybridized carbons (Fsp3) is 0.545. The summed E-state index contributed by atoms with van der Waals surface area (Å²) in [5.41, 5.74) is 0. The van der Waals surface area contributed by atoms with Crippen LogP contribution in [-0.2, 0) is 0 Å². The highest BCUT2D eigenvalue weighted by molar-refractivity contribution is 9.10. The topological polar surface area (TPSA) is 28.2 Å². The van der Waals surface area contributed by atoms with Crippen LogP contribution >= 0.6 is 15.9 Å². The summed E-state index contributed by atoms with van der Waals surface area (Å²) in [4.78, 5) is 6.22. The minimum atomic E-state index is -4.15. The van der Waals surface area contributed by atoms with Crippen LogP contribution in [0.2, 0.25) is 0 Å². The SMILES string of the molecule is FC(F)(F)CN[C@@H]1CCN(c2ccc(Br)cn2)C1. The predicted octanol–water partition coefficient (Wildman–Crippen LogP) is 2.57. The van der Waals surface area contributed by atoms with E-state index >= 15 is 0 Å². The average Bonchev–Trinajstić information content (AvgIpc) is 2.75. The lowest BCUT2D eigenvalue weighted by molar-refractivity contribution is -0.125. The Morgan fingerprint density at radius 3 is 2.83 bits per heavy atom. The second-order valence-electron chi connectivity index (χ2n) is 4.26. The molecule has 1 N–H and O–H groups in total. The lowest BCUT2D eigenvalue weighted by atomic mass is 10.2. The van der Waals surface area contributed by atoms with Crippen molar-refractivity contribution in [3.8, 4) is 0 Å². The van der Waals surface area contributed by atoms with Gasteiger partial charge in [-0.25, -0.2) is 4.98 Å². The van der Waals surface area contributed by atoms with Gasteiger partial charge < -0.3 is 10.2 Å². The first kappa shape index (κ1) is 13.6. The lowest BCUT2D eigenvalue weighted by Gasteiger charge is -2.18. The molecule has 1 aromatic heterocycles. The number of nitrogens with one attached hydrogen (secondary N) is 1. The highest BCUT2D eigenvalue weighted by Crippen LogP contribution is 2.20. The molecule has 0 spiro atoms. The molecule has 0 aromatic carbocycles. The number of pyridine rings is 1. The number of aromatic nitrogens is 1. The van der Waals surface area contributed by atoms with Crippen LogP contribution in [0.4, 0.5) is 19.0 Å². The van der Waals surface area contributed by atoms with Gasteiger partial charge in [0.2, 0.25) is 0 Å². The third-order valence-corrected chi connectivity index (χ3v) is 3.28. The first-order valence-electron chi connectivity index (χ1n) is 5.61. The van der Waals surface area contributed by atoms with E-state index in [2.05, 4.69) is 26.2 Å². The maximum absolute atomic E-state index is 12.1. The van der Waals surface area contributed by atoms with Gasteiger partial charge >= 0.3 is 6.18 Å². The Bertz CT molecular complexity index is 394. The van der Waals surface area contributed by atoms with Gasteiger partial charge in [0.05, 0.1) is 6.54 Å². The van der Waals surface area contributed by atoms with Gasteiger partial charge in [0.25, 0.3) is 0 Å². The van der Waals surface area contributed by atoms with Crippen molar-refractivity contribution in [1.82, 2.24) is 10.3 Å². The Morgan fingerprint density at radius 2 is 2.22 bits per heavy atom. The molecule has 0 bridgehead atoms. The summed E-state index contributed by atoms with van der Waals surface area (Å²) < 4.78 is 37.1. The van der Waals surface area contributed by atoms with Gasteiger partial charge in [0.1, 0.15) is 5.82 Å². The van der Waals surface area contributed by atoms with Crippen molar-refractivity contribution in [2.24, 2.45) is 0 Å². The van der Waals surface area contributed by atoms with E-state index in [0.29, 0.717) is 13.0 Å². The largest absolute Gasteiger partial charge is 0.401 e. The van der Waals surface area contributed by atoms with Gasteiger partial charge in [-0.2, -0.15) is 13.2 Å². The van der Waals surface area contributed by atoms with Crippen molar-refractivity contribution >= 4 is 21.7 Å². The fourth-order valence-electron chi connectivity index (χ4n) is 1.95. The number of hydrogen-bond donors (Lipinski definition) is 1. The normalized spacial score (nSPS) is 20.4. The highest BCUT2D eigenvalue weighted by Gasteiger charge is 2.30. The Balaban J connectivity index is 1.86. The molecule has 1 aromatic rings. The van der Waals surface area contributed by atoms with E-state index in [1.165, 1.54) is 0 Å². The minimum absolute atomic E-state index is 0.128. The molecule has 0 unspecified atom stereocenters. The highest BCUT2D eigenvalue weighted by atomic mass is 79.9. The molecule has 0 amide bonds. The summed E-state index contributed by atoms with van der Waals surface area (Å²) in [5, 5.41) is 2.53. The number of alkyl halides is 3. The van der Waals surface area contributed by atoms with Crippen molar-refractivity contribution in [2.45, 2.75) is 18.6 Å². The number of rotatable bonds is 3. The van der Waals surface area contributed by atoms with E-state index in [0.717, 1.165) is 16.8 Å². The van der Waals surface area contributed by atoms with E-state index in [1.807, 2.05) is 17.0 Å². The van der Waals surface area contributed by atoms with Gasteiger partial charge in [-0.3, -0.25) is 0 Å². The molecule has 1 aliphatic rings. The molecule has 1 fully saturated rings. The minimum Gasteiger partial charge on any atom is -0.355 e. The van der Waals surface area contributed by atoms with Crippen molar-refractivity contribution in [1.29, 1.82) is 0 Å². The van der Waals surface area contributed by atoms with E-state index in [-0.39, 0.29) is 6.04 Å². The molecule has 1 aliphatic heterocycles. The molecule has 2 heterocycles. The fourth-order valence-corrected chi connectivity index (χ4v) is 2.18. The van der Waals surface area contributed by atoms with Crippen LogP contribution in [0, 0.1) is 0 Å². The molecule has 1 saturated heterocycles. The maximum Gasteiger partial charge on any atom is 0.401 e. The smallest absolute Gasteiger partial charge is 0.355 e. The van der Waals surface area contributed by atoms with Crippen LogP contribution in [0.1, 0.15) is 6.42 Å². The monoisotopic (exact) mass is 323 g/mol. The molecule has 18 heavy (non-hydrogen) atoms. The summed E-state index contributed by atoms with van der Waals surface area (Å²) in [7, 11) is 0. The standard InChI is InChI=1S/C11H13BrF3N3/c12-8-1-2-10(16-5-8)18-4-3-9(6-18)17-7-11(13,14)15/h1-2,5,9,17H,3-4,6-7H2/t9-/m1/s1. The van der Waals surface area contributed by atoms with E-state index < -0.39 is 12.7 Å².